The summed E-state index contributed by atoms with van der Waals surface area (Å²) < 4.78 is 0.955. The van der Waals surface area contributed by atoms with E-state index in [0.717, 1.165) is 26.9 Å². The zero-order chi connectivity index (χ0) is 20.2. The van der Waals surface area contributed by atoms with Crippen LogP contribution in [0.15, 0.2) is 83.3 Å². The molecule has 1 atom stereocenters. The number of fused-ring (bicyclic) bond motifs is 1. The molecule has 0 bridgehead atoms. The Bertz CT molecular complexity index is 1030. The van der Waals surface area contributed by atoms with Crippen molar-refractivity contribution in [3.8, 4) is 0 Å². The summed E-state index contributed by atoms with van der Waals surface area (Å²) in [5.74, 6) is -0.0872. The first-order chi connectivity index (χ1) is 14.1. The van der Waals surface area contributed by atoms with E-state index in [4.69, 9.17) is 12.2 Å². The van der Waals surface area contributed by atoms with Crippen molar-refractivity contribution in [1.29, 1.82) is 0 Å². The SMILES string of the molecule is O=C1CN(C(=S)NCc2ccccc2)[C@@H](c2ccccc2)c2cc(Br)ccc2N1. The van der Waals surface area contributed by atoms with Gasteiger partial charge in [0.2, 0.25) is 5.91 Å². The second-order valence-electron chi connectivity index (χ2n) is 6.87. The highest BCUT2D eigenvalue weighted by Gasteiger charge is 2.31. The predicted molar refractivity (Wildman–Crippen MR) is 124 cm³/mol. The number of nitrogens with one attached hydrogen (secondary N) is 2. The molecule has 1 heterocycles. The van der Waals surface area contributed by atoms with E-state index in [-0.39, 0.29) is 18.5 Å². The number of nitrogens with zero attached hydrogens (tertiary/aromatic N) is 1. The van der Waals surface area contributed by atoms with Crippen LogP contribution in [-0.4, -0.2) is 22.5 Å². The van der Waals surface area contributed by atoms with Crippen molar-refractivity contribution < 1.29 is 4.79 Å². The molecule has 0 fully saturated rings. The minimum atomic E-state index is -0.182. The molecular formula is C23H20BrN3OS. The Kier molecular flexibility index (Phi) is 5.92. The van der Waals surface area contributed by atoms with Gasteiger partial charge in [-0.2, -0.15) is 0 Å². The van der Waals surface area contributed by atoms with Crippen LogP contribution in [0.4, 0.5) is 5.69 Å². The van der Waals surface area contributed by atoms with E-state index < -0.39 is 0 Å². The number of hydrogen-bond donors (Lipinski definition) is 2. The lowest BCUT2D eigenvalue weighted by Crippen LogP contribution is -2.44. The molecule has 3 aromatic rings. The van der Waals surface area contributed by atoms with Crippen LogP contribution in [0, 0.1) is 0 Å². The number of rotatable bonds is 3. The lowest BCUT2D eigenvalue weighted by Gasteiger charge is -2.33. The number of carbonyl (C=O) groups is 1. The number of thiocarbonyl (C=S) groups is 1. The second kappa shape index (κ2) is 8.76. The summed E-state index contributed by atoms with van der Waals surface area (Å²) in [6, 6.07) is 25.9. The third-order valence-corrected chi connectivity index (χ3v) is 5.74. The molecule has 0 spiro atoms. The monoisotopic (exact) mass is 465 g/mol. The van der Waals surface area contributed by atoms with Gasteiger partial charge in [0, 0.05) is 22.3 Å². The van der Waals surface area contributed by atoms with Gasteiger partial charge in [0.05, 0.1) is 6.04 Å². The van der Waals surface area contributed by atoms with Crippen molar-refractivity contribution in [2.75, 3.05) is 11.9 Å². The molecule has 0 unspecified atom stereocenters. The zero-order valence-electron chi connectivity index (χ0n) is 15.6. The summed E-state index contributed by atoms with van der Waals surface area (Å²) >= 11 is 9.32. The molecule has 146 valence electrons. The van der Waals surface area contributed by atoms with Crippen LogP contribution in [0.5, 0.6) is 0 Å². The van der Waals surface area contributed by atoms with Crippen LogP contribution >= 0.6 is 28.1 Å². The Morgan fingerprint density at radius 2 is 1.76 bits per heavy atom. The van der Waals surface area contributed by atoms with Crippen molar-refractivity contribution in [3.05, 3.63) is 100 Å². The molecule has 0 aliphatic carbocycles. The Balaban J connectivity index is 1.71. The largest absolute Gasteiger partial charge is 0.358 e. The topological polar surface area (TPSA) is 44.4 Å². The summed E-state index contributed by atoms with van der Waals surface area (Å²) in [6.07, 6.45) is 0. The van der Waals surface area contributed by atoms with Gasteiger partial charge in [0.15, 0.2) is 5.11 Å². The number of benzene rings is 3. The molecule has 4 rings (SSSR count). The van der Waals surface area contributed by atoms with Crippen molar-refractivity contribution in [3.63, 3.8) is 0 Å². The fourth-order valence-electron chi connectivity index (χ4n) is 3.54. The number of hydrogen-bond acceptors (Lipinski definition) is 2. The van der Waals surface area contributed by atoms with E-state index in [0.29, 0.717) is 11.7 Å². The summed E-state index contributed by atoms with van der Waals surface area (Å²) in [6.45, 7) is 0.775. The molecule has 2 N–H and O–H groups in total. The normalized spacial score (nSPS) is 15.8. The highest BCUT2D eigenvalue weighted by atomic mass is 79.9. The van der Waals surface area contributed by atoms with Crippen LogP contribution < -0.4 is 10.6 Å². The fraction of sp³-hybridized carbons (Fsp3) is 0.130. The number of carbonyl (C=O) groups excluding carboxylic acids is 1. The first-order valence-corrected chi connectivity index (χ1v) is 10.5. The molecule has 0 radical (unpaired) electrons. The van der Waals surface area contributed by atoms with Crippen LogP contribution in [0.2, 0.25) is 0 Å². The van der Waals surface area contributed by atoms with Crippen LogP contribution in [0.3, 0.4) is 0 Å². The third-order valence-electron chi connectivity index (χ3n) is 4.87. The Morgan fingerprint density at radius 3 is 2.48 bits per heavy atom. The van der Waals surface area contributed by atoms with E-state index in [9.17, 15) is 4.79 Å². The Morgan fingerprint density at radius 1 is 1.07 bits per heavy atom. The molecule has 0 saturated heterocycles. The highest BCUT2D eigenvalue weighted by molar-refractivity contribution is 9.10. The quantitative estimate of drug-likeness (QED) is 0.541. The summed E-state index contributed by atoms with van der Waals surface area (Å²) in [4.78, 5) is 14.6. The van der Waals surface area contributed by atoms with Crippen LogP contribution in [0.1, 0.15) is 22.7 Å². The van der Waals surface area contributed by atoms with Crippen molar-refractivity contribution >= 4 is 44.9 Å². The highest BCUT2D eigenvalue weighted by Crippen LogP contribution is 2.37. The maximum atomic E-state index is 12.6. The van der Waals surface area contributed by atoms with Crippen LogP contribution in [0.25, 0.3) is 0 Å². The van der Waals surface area contributed by atoms with Gasteiger partial charge in [-0.3, -0.25) is 4.79 Å². The van der Waals surface area contributed by atoms with E-state index >= 15 is 0 Å². The molecule has 0 aromatic heterocycles. The first-order valence-electron chi connectivity index (χ1n) is 9.34. The molecule has 1 aliphatic rings. The molecule has 29 heavy (non-hydrogen) atoms. The summed E-state index contributed by atoms with van der Waals surface area (Å²) in [5.41, 5.74) is 4.02. The lowest BCUT2D eigenvalue weighted by molar-refractivity contribution is -0.116. The van der Waals surface area contributed by atoms with Crippen molar-refractivity contribution in [2.45, 2.75) is 12.6 Å². The van der Waals surface area contributed by atoms with E-state index in [2.05, 4.69) is 38.7 Å². The van der Waals surface area contributed by atoms with E-state index in [1.807, 2.05) is 71.6 Å². The second-order valence-corrected chi connectivity index (χ2v) is 8.17. The fourth-order valence-corrected chi connectivity index (χ4v) is 4.16. The standard InChI is InChI=1S/C23H20BrN3OS/c24-18-11-12-20-19(13-18)22(17-9-5-2-6-10-17)27(15-21(28)26-20)23(29)25-14-16-7-3-1-4-8-16/h1-13,22H,14-15H2,(H,25,29)(H,26,28)/t22-/m0/s1. The third kappa shape index (κ3) is 4.49. The minimum Gasteiger partial charge on any atom is -0.358 e. The smallest absolute Gasteiger partial charge is 0.244 e. The van der Waals surface area contributed by atoms with Gasteiger partial charge in [0.25, 0.3) is 0 Å². The maximum absolute atomic E-state index is 12.6. The van der Waals surface area contributed by atoms with Crippen molar-refractivity contribution in [2.24, 2.45) is 0 Å². The van der Waals surface area contributed by atoms with Crippen LogP contribution in [-0.2, 0) is 11.3 Å². The molecule has 0 saturated carbocycles. The average molecular weight is 466 g/mol. The van der Waals surface area contributed by atoms with Gasteiger partial charge >= 0.3 is 0 Å². The first kappa shape index (κ1) is 19.6. The molecule has 4 nitrogen and oxygen atoms in total. The van der Waals surface area contributed by atoms with Crippen molar-refractivity contribution in [1.82, 2.24) is 10.2 Å². The van der Waals surface area contributed by atoms with Gasteiger partial charge in [-0.15, -0.1) is 0 Å². The summed E-state index contributed by atoms with van der Waals surface area (Å²) in [5, 5.41) is 6.89. The van der Waals surface area contributed by atoms with Gasteiger partial charge in [-0.05, 0) is 41.5 Å². The Hall–Kier alpha value is -2.70. The summed E-state index contributed by atoms with van der Waals surface area (Å²) in [7, 11) is 0. The van der Waals surface area contributed by atoms with E-state index in [1.165, 1.54) is 0 Å². The molecule has 6 heteroatoms. The Labute approximate surface area is 184 Å². The van der Waals surface area contributed by atoms with Gasteiger partial charge in [0.1, 0.15) is 6.54 Å². The molecule has 3 aromatic carbocycles. The number of anilines is 1. The molecule has 1 amide bonds. The maximum Gasteiger partial charge on any atom is 0.244 e. The zero-order valence-corrected chi connectivity index (χ0v) is 18.0. The van der Waals surface area contributed by atoms with E-state index in [1.54, 1.807) is 0 Å². The number of halogens is 1. The molecule has 1 aliphatic heterocycles. The number of amides is 1. The van der Waals surface area contributed by atoms with Gasteiger partial charge < -0.3 is 15.5 Å². The van der Waals surface area contributed by atoms with Gasteiger partial charge in [-0.1, -0.05) is 76.6 Å². The minimum absolute atomic E-state index is 0.0872. The molecular weight excluding hydrogens is 446 g/mol. The average Bonchev–Trinajstić information content (AvgIpc) is 2.89. The predicted octanol–water partition coefficient (Wildman–Crippen LogP) is 4.87. The van der Waals surface area contributed by atoms with Gasteiger partial charge in [-0.25, -0.2) is 0 Å². The lowest BCUT2D eigenvalue weighted by atomic mass is 9.96.